The van der Waals surface area contributed by atoms with E-state index in [-0.39, 0.29) is 11.4 Å². The van der Waals surface area contributed by atoms with Gasteiger partial charge in [-0.25, -0.2) is 0 Å². The predicted octanol–water partition coefficient (Wildman–Crippen LogP) is 1.36. The van der Waals surface area contributed by atoms with Gasteiger partial charge >= 0.3 is 0 Å². The van der Waals surface area contributed by atoms with Crippen molar-refractivity contribution in [1.82, 2.24) is 0 Å². The van der Waals surface area contributed by atoms with E-state index >= 15 is 0 Å². The van der Waals surface area contributed by atoms with Crippen molar-refractivity contribution in [2.45, 2.75) is 6.61 Å². The van der Waals surface area contributed by atoms with Crippen LogP contribution in [0.5, 0.6) is 0 Å². The van der Waals surface area contributed by atoms with E-state index in [0.717, 1.165) is 5.56 Å². The van der Waals surface area contributed by atoms with E-state index in [9.17, 15) is 10.1 Å². The first-order chi connectivity index (χ1) is 9.15. The van der Waals surface area contributed by atoms with Gasteiger partial charge in [-0.1, -0.05) is 0 Å². The van der Waals surface area contributed by atoms with Crippen molar-refractivity contribution in [2.24, 2.45) is 0 Å². The number of hydrogen-bond donors (Lipinski definition) is 1. The maximum Gasteiger partial charge on any atom is 0.292 e. The summed E-state index contributed by atoms with van der Waals surface area (Å²) in [5.41, 5.74) is 6.41. The Kier molecular flexibility index (Phi) is 6.80. The smallest absolute Gasteiger partial charge is 0.292 e. The largest absolute Gasteiger partial charge is 0.393 e. The highest BCUT2D eigenvalue weighted by Gasteiger charge is 2.10. The molecule has 19 heavy (non-hydrogen) atoms. The van der Waals surface area contributed by atoms with E-state index in [1.807, 2.05) is 0 Å². The highest BCUT2D eigenvalue weighted by molar-refractivity contribution is 5.59. The van der Waals surface area contributed by atoms with Crippen molar-refractivity contribution in [2.75, 3.05) is 39.3 Å². The Morgan fingerprint density at radius 2 is 1.89 bits per heavy atom. The first kappa shape index (κ1) is 15.4. The van der Waals surface area contributed by atoms with Gasteiger partial charge in [-0.2, -0.15) is 0 Å². The molecule has 0 saturated heterocycles. The van der Waals surface area contributed by atoms with Gasteiger partial charge in [0.2, 0.25) is 0 Å². The number of nitrogen functional groups attached to an aromatic ring is 1. The second-order valence-electron chi connectivity index (χ2n) is 3.81. The quantitative estimate of drug-likeness (QED) is 0.315. The molecule has 1 aromatic rings. The topological polar surface area (TPSA) is 96.8 Å². The Bertz CT molecular complexity index is 411. The van der Waals surface area contributed by atoms with Crippen LogP contribution < -0.4 is 5.73 Å². The van der Waals surface area contributed by atoms with Crippen molar-refractivity contribution < 1.29 is 19.1 Å². The molecule has 0 atom stereocenters. The molecule has 0 aliphatic heterocycles. The second-order valence-corrected chi connectivity index (χ2v) is 3.81. The Balaban J connectivity index is 2.26. The molecule has 0 amide bonds. The maximum absolute atomic E-state index is 10.6. The molecular formula is C12H18N2O5. The molecule has 0 saturated carbocycles. The van der Waals surface area contributed by atoms with Crippen LogP contribution in [0.3, 0.4) is 0 Å². The average Bonchev–Trinajstić information content (AvgIpc) is 2.37. The summed E-state index contributed by atoms with van der Waals surface area (Å²) in [7, 11) is 1.61. The molecule has 2 N–H and O–H groups in total. The summed E-state index contributed by atoms with van der Waals surface area (Å²) in [6.07, 6.45) is 0. The number of nitro benzene ring substituents is 1. The molecule has 7 heteroatoms. The number of nitrogens with two attached hydrogens (primary N) is 1. The number of nitro groups is 1. The molecule has 0 aromatic heterocycles. The van der Waals surface area contributed by atoms with Gasteiger partial charge in [0.25, 0.3) is 5.69 Å². The molecule has 1 rings (SSSR count). The molecule has 0 unspecified atom stereocenters. The van der Waals surface area contributed by atoms with Gasteiger partial charge in [0.15, 0.2) is 0 Å². The molecule has 106 valence electrons. The molecule has 0 fully saturated rings. The molecule has 0 heterocycles. The zero-order valence-corrected chi connectivity index (χ0v) is 10.8. The van der Waals surface area contributed by atoms with Crippen LogP contribution in [0.4, 0.5) is 11.4 Å². The molecule has 0 bridgehead atoms. The van der Waals surface area contributed by atoms with Crippen molar-refractivity contribution in [3.05, 3.63) is 33.9 Å². The van der Waals surface area contributed by atoms with Crippen LogP contribution in [-0.2, 0) is 20.8 Å². The maximum atomic E-state index is 10.6. The third-order valence-electron chi connectivity index (χ3n) is 2.36. The number of ether oxygens (including phenoxy) is 3. The van der Waals surface area contributed by atoms with E-state index in [1.54, 1.807) is 19.2 Å². The average molecular weight is 270 g/mol. The van der Waals surface area contributed by atoms with Crippen LogP contribution >= 0.6 is 0 Å². The SMILES string of the molecule is COCCOCCOCc1ccc([N+](=O)[O-])c(N)c1. The lowest BCUT2D eigenvalue weighted by molar-refractivity contribution is -0.383. The first-order valence-electron chi connectivity index (χ1n) is 5.82. The van der Waals surface area contributed by atoms with Gasteiger partial charge in [-0.3, -0.25) is 10.1 Å². The van der Waals surface area contributed by atoms with Crippen LogP contribution in [0, 0.1) is 10.1 Å². The minimum atomic E-state index is -0.510. The van der Waals surface area contributed by atoms with E-state index in [0.29, 0.717) is 33.0 Å². The van der Waals surface area contributed by atoms with E-state index < -0.39 is 4.92 Å². The lowest BCUT2D eigenvalue weighted by atomic mass is 10.2. The Hall–Kier alpha value is -1.70. The zero-order chi connectivity index (χ0) is 14.1. The highest BCUT2D eigenvalue weighted by Crippen LogP contribution is 2.22. The minimum absolute atomic E-state index is 0.0911. The van der Waals surface area contributed by atoms with Crippen LogP contribution in [0.25, 0.3) is 0 Å². The fraction of sp³-hybridized carbons (Fsp3) is 0.500. The van der Waals surface area contributed by atoms with Gasteiger partial charge in [-0.15, -0.1) is 0 Å². The monoisotopic (exact) mass is 270 g/mol. The van der Waals surface area contributed by atoms with E-state index in [4.69, 9.17) is 19.9 Å². The fourth-order valence-corrected chi connectivity index (χ4v) is 1.41. The molecular weight excluding hydrogens is 252 g/mol. The number of benzene rings is 1. The van der Waals surface area contributed by atoms with Gasteiger partial charge in [-0.05, 0) is 17.7 Å². The Morgan fingerprint density at radius 1 is 1.21 bits per heavy atom. The first-order valence-corrected chi connectivity index (χ1v) is 5.82. The summed E-state index contributed by atoms with van der Waals surface area (Å²) < 4.78 is 15.4. The summed E-state index contributed by atoms with van der Waals surface area (Å²) in [5, 5.41) is 10.6. The Labute approximate surface area is 111 Å². The summed E-state index contributed by atoms with van der Waals surface area (Å²) in [6, 6.07) is 4.55. The minimum Gasteiger partial charge on any atom is -0.393 e. The molecule has 7 nitrogen and oxygen atoms in total. The van der Waals surface area contributed by atoms with E-state index in [1.165, 1.54) is 6.07 Å². The lowest BCUT2D eigenvalue weighted by Crippen LogP contribution is -2.08. The molecule has 0 aliphatic carbocycles. The van der Waals surface area contributed by atoms with Gasteiger partial charge in [0.05, 0.1) is 38.0 Å². The standard InChI is InChI=1S/C12H18N2O5/c1-17-4-5-18-6-7-19-9-10-2-3-12(14(15)16)11(13)8-10/h2-3,8H,4-7,9,13H2,1H3. The predicted molar refractivity (Wildman–Crippen MR) is 69.9 cm³/mol. The highest BCUT2D eigenvalue weighted by atomic mass is 16.6. The summed E-state index contributed by atoms with van der Waals surface area (Å²) >= 11 is 0. The fourth-order valence-electron chi connectivity index (χ4n) is 1.41. The van der Waals surface area contributed by atoms with Gasteiger partial charge in [0.1, 0.15) is 5.69 Å². The van der Waals surface area contributed by atoms with Crippen LogP contribution in [-0.4, -0.2) is 38.5 Å². The van der Waals surface area contributed by atoms with Gasteiger partial charge < -0.3 is 19.9 Å². The van der Waals surface area contributed by atoms with Crippen molar-refractivity contribution in [3.63, 3.8) is 0 Å². The summed E-state index contributed by atoms with van der Waals surface area (Å²) in [6.45, 7) is 2.35. The normalized spacial score (nSPS) is 10.6. The number of methoxy groups -OCH3 is 1. The summed E-state index contributed by atoms with van der Waals surface area (Å²) in [5.74, 6) is 0. The number of hydrogen-bond acceptors (Lipinski definition) is 6. The van der Waals surface area contributed by atoms with Crippen molar-refractivity contribution in [3.8, 4) is 0 Å². The van der Waals surface area contributed by atoms with Crippen LogP contribution in [0.1, 0.15) is 5.56 Å². The van der Waals surface area contributed by atoms with Crippen LogP contribution in [0.2, 0.25) is 0 Å². The molecule has 0 spiro atoms. The molecule has 0 radical (unpaired) electrons. The number of rotatable bonds is 9. The second kappa shape index (κ2) is 8.41. The number of nitrogens with zero attached hydrogens (tertiary/aromatic N) is 1. The number of anilines is 1. The van der Waals surface area contributed by atoms with Crippen molar-refractivity contribution >= 4 is 11.4 Å². The zero-order valence-electron chi connectivity index (χ0n) is 10.8. The molecule has 0 aliphatic rings. The van der Waals surface area contributed by atoms with E-state index in [2.05, 4.69) is 0 Å². The van der Waals surface area contributed by atoms with Crippen molar-refractivity contribution in [1.29, 1.82) is 0 Å². The third-order valence-corrected chi connectivity index (χ3v) is 2.36. The molecule has 1 aromatic carbocycles. The lowest BCUT2D eigenvalue weighted by Gasteiger charge is -2.06. The third kappa shape index (κ3) is 5.64. The van der Waals surface area contributed by atoms with Crippen LogP contribution in [0.15, 0.2) is 18.2 Å². The summed E-state index contributed by atoms with van der Waals surface area (Å²) in [4.78, 5) is 10.1. The Morgan fingerprint density at radius 3 is 2.53 bits per heavy atom. The van der Waals surface area contributed by atoms with Gasteiger partial charge in [0, 0.05) is 13.2 Å².